The summed E-state index contributed by atoms with van der Waals surface area (Å²) < 4.78 is 18.6. The van der Waals surface area contributed by atoms with Crippen molar-refractivity contribution in [2.24, 2.45) is 5.92 Å². The summed E-state index contributed by atoms with van der Waals surface area (Å²) in [4.78, 5) is 13.0. The van der Waals surface area contributed by atoms with Crippen molar-refractivity contribution in [1.29, 1.82) is 0 Å². The Bertz CT molecular complexity index is 1060. The van der Waals surface area contributed by atoms with E-state index in [2.05, 4.69) is 57.2 Å². The van der Waals surface area contributed by atoms with Crippen LogP contribution in [0.15, 0.2) is 84.9 Å². The summed E-state index contributed by atoms with van der Waals surface area (Å²) in [6.45, 7) is 8.07. The van der Waals surface area contributed by atoms with Crippen molar-refractivity contribution in [3.63, 3.8) is 0 Å². The minimum atomic E-state index is -0.865. The Hall–Kier alpha value is -2.60. The van der Waals surface area contributed by atoms with E-state index in [1.165, 1.54) is 31.0 Å². The fraction of sp³-hybridized carbons (Fsp3) is 0.457. The average molecular weight is 563 g/mol. The molecule has 0 aliphatic rings. The Morgan fingerprint density at radius 3 is 1.95 bits per heavy atom. The maximum atomic E-state index is 13.0. The topological polar surface area (TPSA) is 44.8 Å². The molecule has 3 aromatic rings. The molecule has 40 heavy (non-hydrogen) atoms. The third-order valence-electron chi connectivity index (χ3n) is 7.01. The van der Waals surface area contributed by atoms with Gasteiger partial charge in [0, 0.05) is 13.0 Å². The molecule has 0 radical (unpaired) electrons. The van der Waals surface area contributed by atoms with Gasteiger partial charge in [0.05, 0.1) is 25.6 Å². The molecule has 5 heteroatoms. The van der Waals surface area contributed by atoms with E-state index >= 15 is 0 Å². The van der Waals surface area contributed by atoms with Gasteiger partial charge in [0.1, 0.15) is 11.4 Å². The van der Waals surface area contributed by atoms with Gasteiger partial charge in [-0.3, -0.25) is 4.79 Å². The summed E-state index contributed by atoms with van der Waals surface area (Å²) in [6.07, 6.45) is 6.08. The molecule has 0 unspecified atom stereocenters. The van der Waals surface area contributed by atoms with Gasteiger partial charge >= 0.3 is 0 Å². The van der Waals surface area contributed by atoms with E-state index in [-0.39, 0.29) is 10.4 Å². The summed E-state index contributed by atoms with van der Waals surface area (Å²) in [7, 11) is 1.67. The Labute approximate surface area is 245 Å². The van der Waals surface area contributed by atoms with Crippen LogP contribution in [-0.4, -0.2) is 37.3 Å². The molecule has 0 aliphatic heterocycles. The van der Waals surface area contributed by atoms with Crippen LogP contribution in [0.25, 0.3) is 0 Å². The van der Waals surface area contributed by atoms with Crippen molar-refractivity contribution < 1.29 is 19.0 Å². The van der Waals surface area contributed by atoms with Gasteiger partial charge < -0.3 is 14.2 Å². The number of thioether (sulfide) groups is 1. The van der Waals surface area contributed by atoms with Crippen molar-refractivity contribution in [1.82, 2.24) is 0 Å². The highest BCUT2D eigenvalue weighted by atomic mass is 32.2. The Morgan fingerprint density at radius 2 is 1.40 bits per heavy atom. The fourth-order valence-corrected chi connectivity index (χ4v) is 5.66. The van der Waals surface area contributed by atoms with Crippen LogP contribution in [0.3, 0.4) is 0 Å². The van der Waals surface area contributed by atoms with Crippen molar-refractivity contribution >= 4 is 16.9 Å². The molecule has 0 N–H and O–H groups in total. The first kappa shape index (κ1) is 31.9. The van der Waals surface area contributed by atoms with Gasteiger partial charge in [0.15, 0.2) is 5.12 Å². The molecule has 0 spiro atoms. The van der Waals surface area contributed by atoms with Gasteiger partial charge in [-0.1, -0.05) is 125 Å². The highest BCUT2D eigenvalue weighted by Gasteiger charge is 2.38. The number of unbranched alkanes of at least 4 members (excludes halogenated alkanes) is 3. The van der Waals surface area contributed by atoms with E-state index < -0.39 is 5.60 Å². The summed E-state index contributed by atoms with van der Waals surface area (Å²) in [5, 5.41) is 0.0854. The first-order valence-corrected chi connectivity index (χ1v) is 15.5. The molecule has 0 aromatic heterocycles. The summed E-state index contributed by atoms with van der Waals surface area (Å²) >= 11 is 1.38. The van der Waals surface area contributed by atoms with E-state index in [1.54, 1.807) is 7.11 Å². The lowest BCUT2D eigenvalue weighted by molar-refractivity contribution is -0.111. The molecule has 3 aromatic carbocycles. The summed E-state index contributed by atoms with van der Waals surface area (Å²) in [6, 6.07) is 28.7. The summed E-state index contributed by atoms with van der Waals surface area (Å²) in [5.41, 5.74) is 2.19. The maximum absolute atomic E-state index is 13.0. The number of benzene rings is 3. The van der Waals surface area contributed by atoms with Gasteiger partial charge in [-0.15, -0.1) is 0 Å². The zero-order chi connectivity index (χ0) is 28.6. The van der Waals surface area contributed by atoms with Gasteiger partial charge in [-0.05, 0) is 47.6 Å². The molecule has 0 amide bonds. The molecule has 3 rings (SSSR count). The highest BCUT2D eigenvalue weighted by Crippen LogP contribution is 2.41. The van der Waals surface area contributed by atoms with E-state index in [9.17, 15) is 4.79 Å². The molecular formula is C35H46O4S. The molecular weight excluding hydrogens is 516 g/mol. The van der Waals surface area contributed by atoms with E-state index in [0.717, 1.165) is 35.3 Å². The van der Waals surface area contributed by atoms with Gasteiger partial charge in [0.25, 0.3) is 0 Å². The van der Waals surface area contributed by atoms with Crippen LogP contribution < -0.4 is 4.74 Å². The van der Waals surface area contributed by atoms with Crippen LogP contribution in [0.4, 0.5) is 0 Å². The van der Waals surface area contributed by atoms with Gasteiger partial charge in [-0.2, -0.15) is 0 Å². The molecule has 0 saturated carbocycles. The smallest absolute Gasteiger partial charge is 0.189 e. The lowest BCUT2D eigenvalue weighted by Gasteiger charge is -2.37. The number of carbonyl (C=O) groups excluding carboxylic acids is 1. The van der Waals surface area contributed by atoms with Crippen LogP contribution in [0, 0.1) is 5.92 Å². The molecule has 0 saturated heterocycles. The second kappa shape index (κ2) is 17.3. The first-order valence-electron chi connectivity index (χ1n) is 14.7. The lowest BCUT2D eigenvalue weighted by Crippen LogP contribution is -2.36. The minimum absolute atomic E-state index is 0.115. The van der Waals surface area contributed by atoms with Gasteiger partial charge in [0.2, 0.25) is 0 Å². The van der Waals surface area contributed by atoms with Crippen molar-refractivity contribution in [2.75, 3.05) is 26.9 Å². The second-order valence-electron chi connectivity index (χ2n) is 10.6. The fourth-order valence-electron chi connectivity index (χ4n) is 4.75. The second-order valence-corrected chi connectivity index (χ2v) is 12.0. The number of hydrogen-bond donors (Lipinski definition) is 0. The normalized spacial score (nSPS) is 12.4. The molecule has 0 bridgehead atoms. The number of methoxy groups -OCH3 is 1. The monoisotopic (exact) mass is 562 g/mol. The molecule has 0 fully saturated rings. The predicted octanol–water partition coefficient (Wildman–Crippen LogP) is 8.67. The number of carbonyl (C=O) groups is 1. The van der Waals surface area contributed by atoms with E-state index in [1.807, 2.05) is 48.5 Å². The molecule has 4 nitrogen and oxygen atoms in total. The Kier molecular flexibility index (Phi) is 13.8. The first-order chi connectivity index (χ1) is 19.5. The van der Waals surface area contributed by atoms with Crippen LogP contribution in [0.2, 0.25) is 0 Å². The molecule has 0 heterocycles. The van der Waals surface area contributed by atoms with E-state index in [4.69, 9.17) is 14.2 Å². The number of hydrogen-bond acceptors (Lipinski definition) is 5. The number of ether oxygens (including phenoxy) is 3. The largest absolute Gasteiger partial charge is 0.497 e. The Balaban J connectivity index is 1.93. The Morgan fingerprint density at radius 1 is 0.800 bits per heavy atom. The summed E-state index contributed by atoms with van der Waals surface area (Å²) in [5.74, 6) is 1.28. The molecule has 0 aliphatic carbocycles. The number of rotatable bonds is 18. The van der Waals surface area contributed by atoms with Crippen molar-refractivity contribution in [2.45, 2.75) is 70.1 Å². The van der Waals surface area contributed by atoms with Crippen LogP contribution in [-0.2, 0) is 19.9 Å². The highest BCUT2D eigenvalue weighted by molar-refractivity contribution is 8.14. The van der Waals surface area contributed by atoms with Crippen molar-refractivity contribution in [3.8, 4) is 5.75 Å². The van der Waals surface area contributed by atoms with E-state index in [0.29, 0.717) is 32.2 Å². The van der Waals surface area contributed by atoms with Crippen LogP contribution >= 0.6 is 11.8 Å². The zero-order valence-electron chi connectivity index (χ0n) is 24.6. The van der Waals surface area contributed by atoms with Gasteiger partial charge in [-0.25, -0.2) is 0 Å². The minimum Gasteiger partial charge on any atom is -0.497 e. The SMILES string of the molecule is CCCCCCOC[C@H](COC(c1ccccc1)(c1ccccc1)c1ccc(OC)cc1)SC(=O)CCC(C)C. The predicted molar refractivity (Wildman–Crippen MR) is 167 cm³/mol. The van der Waals surface area contributed by atoms with Crippen molar-refractivity contribution in [3.05, 3.63) is 102 Å². The van der Waals surface area contributed by atoms with Crippen LogP contribution in [0.5, 0.6) is 5.75 Å². The maximum Gasteiger partial charge on any atom is 0.189 e. The zero-order valence-corrected chi connectivity index (χ0v) is 25.5. The average Bonchev–Trinajstić information content (AvgIpc) is 2.99. The lowest BCUT2D eigenvalue weighted by atomic mass is 9.80. The molecule has 1 atom stereocenters. The van der Waals surface area contributed by atoms with Crippen LogP contribution in [0.1, 0.15) is 76.0 Å². The third-order valence-corrected chi connectivity index (χ3v) is 8.09. The quantitative estimate of drug-likeness (QED) is 0.115. The third kappa shape index (κ3) is 9.50. The standard InChI is InChI=1S/C35H46O4S/c1-5-6-7-14-25-38-26-33(40-34(36)24-19-28(2)3)27-39-35(29-15-10-8-11-16-29,30-17-12-9-13-18-30)31-20-22-32(37-4)23-21-31/h8-13,15-18,20-23,28,33H,5-7,14,19,24-27H2,1-4H3/t33-/m1/s1. The molecule has 216 valence electrons.